The van der Waals surface area contributed by atoms with Crippen molar-refractivity contribution >= 4 is 18.2 Å². The number of nitrogens with zero attached hydrogens (tertiary/aromatic N) is 10. The summed E-state index contributed by atoms with van der Waals surface area (Å²) in [7, 11) is 0. The van der Waals surface area contributed by atoms with Crippen LogP contribution in [0.3, 0.4) is 0 Å². The summed E-state index contributed by atoms with van der Waals surface area (Å²) in [6.07, 6.45) is 3.79. The van der Waals surface area contributed by atoms with Crippen molar-refractivity contribution in [2.45, 2.75) is 26.3 Å². The van der Waals surface area contributed by atoms with Crippen molar-refractivity contribution in [3.05, 3.63) is 59.1 Å². The molecule has 178 valence electrons. The van der Waals surface area contributed by atoms with Gasteiger partial charge < -0.3 is 9.80 Å². The summed E-state index contributed by atoms with van der Waals surface area (Å²) in [5.74, 6) is 2.09. The number of hydrazone groups is 1. The first-order chi connectivity index (χ1) is 16.9. The molecule has 0 aliphatic carbocycles. The molecule has 2 aromatic heterocycles. The van der Waals surface area contributed by atoms with E-state index in [1.807, 2.05) is 24.8 Å². The predicted octanol–water partition coefficient (Wildman–Crippen LogP) is 2.36. The number of aromatic nitrogens is 5. The van der Waals surface area contributed by atoms with Gasteiger partial charge in [-0.1, -0.05) is 0 Å². The second-order valence-corrected chi connectivity index (χ2v) is 8.37. The Morgan fingerprint density at radius 3 is 2.66 bits per heavy atom. The first kappa shape index (κ1) is 22.4. The van der Waals surface area contributed by atoms with Crippen LogP contribution in [0.25, 0.3) is 5.82 Å². The zero-order valence-electron chi connectivity index (χ0n) is 19.3. The van der Waals surface area contributed by atoms with Gasteiger partial charge in [0.05, 0.1) is 17.7 Å². The van der Waals surface area contributed by atoms with Gasteiger partial charge in [-0.2, -0.15) is 20.0 Å². The molecule has 0 radical (unpaired) electrons. The lowest BCUT2D eigenvalue weighted by Gasteiger charge is -2.37. The molecule has 35 heavy (non-hydrogen) atoms. The minimum absolute atomic E-state index is 0.214. The lowest BCUT2D eigenvalue weighted by atomic mass is 10.0. The van der Waals surface area contributed by atoms with Crippen LogP contribution in [0.5, 0.6) is 0 Å². The molecule has 0 bridgehead atoms. The number of carbonyl (C=O) groups excluding carboxylic acids is 1. The van der Waals surface area contributed by atoms with E-state index in [2.05, 4.69) is 25.2 Å². The number of anilines is 1. The number of benzene rings is 1. The van der Waals surface area contributed by atoms with Gasteiger partial charge in [0.15, 0.2) is 5.82 Å². The molecule has 0 spiro atoms. The molecule has 0 N–H and O–H groups in total. The molecule has 11 nitrogen and oxygen atoms in total. The maximum absolute atomic E-state index is 14.0. The summed E-state index contributed by atoms with van der Waals surface area (Å²) in [4.78, 5) is 30.4. The Labute approximate surface area is 201 Å². The molecule has 5 rings (SSSR count). The van der Waals surface area contributed by atoms with Gasteiger partial charge in [-0.3, -0.25) is 0 Å². The number of hydrogen-bond donors (Lipinski definition) is 0. The Morgan fingerprint density at radius 1 is 1.14 bits per heavy atom. The van der Waals surface area contributed by atoms with Crippen LogP contribution in [0.1, 0.15) is 35.2 Å². The van der Waals surface area contributed by atoms with Crippen molar-refractivity contribution in [2.75, 3.05) is 31.1 Å². The summed E-state index contributed by atoms with van der Waals surface area (Å²) in [6.45, 7) is 5.70. The van der Waals surface area contributed by atoms with E-state index >= 15 is 0 Å². The largest absolute Gasteiger partial charge is 0.341 e. The molecule has 2 amide bonds. The van der Waals surface area contributed by atoms with Crippen molar-refractivity contribution in [3.8, 4) is 11.9 Å². The van der Waals surface area contributed by atoms with Crippen LogP contribution in [-0.2, 0) is 0 Å². The van der Waals surface area contributed by atoms with Gasteiger partial charge in [0, 0.05) is 51.1 Å². The molecular formula is C23H23FN10O. The Morgan fingerprint density at radius 2 is 1.94 bits per heavy atom. The SMILES string of the molecule is Cc1nc(C)n(-c2ccnc(N3CCN(C(=O)N4N=CCC4c4cc(F)cc(C#N)c4)CC3)n2)n1. The Kier molecular flexibility index (Phi) is 5.82. The number of piperazine rings is 1. The highest BCUT2D eigenvalue weighted by Crippen LogP contribution is 2.30. The van der Waals surface area contributed by atoms with Crippen LogP contribution in [0.2, 0.25) is 0 Å². The van der Waals surface area contributed by atoms with E-state index in [1.165, 1.54) is 17.1 Å². The molecule has 1 aromatic carbocycles. The summed E-state index contributed by atoms with van der Waals surface area (Å²) < 4.78 is 15.7. The van der Waals surface area contributed by atoms with Crippen molar-refractivity contribution < 1.29 is 9.18 Å². The third-order valence-corrected chi connectivity index (χ3v) is 6.01. The van der Waals surface area contributed by atoms with E-state index in [-0.39, 0.29) is 11.6 Å². The maximum atomic E-state index is 14.0. The van der Waals surface area contributed by atoms with Crippen LogP contribution < -0.4 is 4.90 Å². The summed E-state index contributed by atoms with van der Waals surface area (Å²) in [5.41, 5.74) is 0.765. The Bertz CT molecular complexity index is 1340. The monoisotopic (exact) mass is 474 g/mol. The Balaban J connectivity index is 1.27. The third kappa shape index (κ3) is 4.40. The standard InChI is InChI=1S/C23H23FN10O/c1-15-28-16(2)33(30-15)21-4-5-26-22(29-21)31-7-9-32(10-8-31)23(35)34-20(3-6-27-34)18-11-17(14-25)12-19(24)13-18/h4-6,11-13,20H,3,7-10H2,1-2H3. The third-order valence-electron chi connectivity index (χ3n) is 6.01. The van der Waals surface area contributed by atoms with Gasteiger partial charge in [0.2, 0.25) is 5.95 Å². The van der Waals surface area contributed by atoms with Crippen LogP contribution in [-0.4, -0.2) is 73.1 Å². The lowest BCUT2D eigenvalue weighted by Crippen LogP contribution is -2.52. The molecule has 2 aliphatic heterocycles. The quantitative estimate of drug-likeness (QED) is 0.572. The fourth-order valence-corrected chi connectivity index (χ4v) is 4.33. The molecule has 1 fully saturated rings. The molecule has 12 heteroatoms. The average Bonchev–Trinajstić information content (AvgIpc) is 3.49. The molecule has 4 heterocycles. The molecule has 1 atom stereocenters. The fraction of sp³-hybridized carbons (Fsp3) is 0.348. The molecule has 3 aromatic rings. The van der Waals surface area contributed by atoms with Gasteiger partial charge >= 0.3 is 6.03 Å². The highest BCUT2D eigenvalue weighted by Gasteiger charge is 2.33. The predicted molar refractivity (Wildman–Crippen MR) is 124 cm³/mol. The van der Waals surface area contributed by atoms with Gasteiger partial charge in [0.25, 0.3) is 0 Å². The smallest absolute Gasteiger partial charge is 0.337 e. The first-order valence-electron chi connectivity index (χ1n) is 11.2. The van der Waals surface area contributed by atoms with E-state index in [0.717, 1.165) is 5.82 Å². The second-order valence-electron chi connectivity index (χ2n) is 8.37. The normalized spacial score (nSPS) is 17.7. The highest BCUT2D eigenvalue weighted by atomic mass is 19.1. The minimum atomic E-state index is -0.509. The van der Waals surface area contributed by atoms with Crippen molar-refractivity contribution in [1.82, 2.24) is 34.6 Å². The molecule has 1 unspecified atom stereocenters. The molecule has 0 saturated carbocycles. The van der Waals surface area contributed by atoms with E-state index < -0.39 is 11.9 Å². The fourth-order valence-electron chi connectivity index (χ4n) is 4.33. The molecule has 2 aliphatic rings. The van der Waals surface area contributed by atoms with Crippen molar-refractivity contribution in [2.24, 2.45) is 5.10 Å². The van der Waals surface area contributed by atoms with E-state index in [4.69, 9.17) is 5.26 Å². The van der Waals surface area contributed by atoms with E-state index in [1.54, 1.807) is 34.1 Å². The Hall–Kier alpha value is -4.40. The van der Waals surface area contributed by atoms with Crippen molar-refractivity contribution in [3.63, 3.8) is 0 Å². The number of rotatable bonds is 3. The second kappa shape index (κ2) is 9.09. The van der Waals surface area contributed by atoms with Crippen LogP contribution in [0.4, 0.5) is 15.1 Å². The summed E-state index contributed by atoms with van der Waals surface area (Å²) >= 11 is 0. The number of amides is 2. The van der Waals surface area contributed by atoms with E-state index in [0.29, 0.717) is 55.8 Å². The minimum Gasteiger partial charge on any atom is -0.337 e. The van der Waals surface area contributed by atoms with Gasteiger partial charge in [-0.15, -0.1) is 5.10 Å². The van der Waals surface area contributed by atoms with E-state index in [9.17, 15) is 9.18 Å². The van der Waals surface area contributed by atoms with Crippen LogP contribution in [0.15, 0.2) is 35.6 Å². The zero-order chi connectivity index (χ0) is 24.5. The number of hydrogen-bond acceptors (Lipinski definition) is 8. The van der Waals surface area contributed by atoms with Crippen LogP contribution in [0, 0.1) is 31.0 Å². The molecular weight excluding hydrogens is 451 g/mol. The topological polar surface area (TPSA) is 119 Å². The average molecular weight is 475 g/mol. The number of halogens is 1. The first-order valence-corrected chi connectivity index (χ1v) is 11.2. The van der Waals surface area contributed by atoms with Crippen LogP contribution >= 0.6 is 0 Å². The summed E-state index contributed by atoms with van der Waals surface area (Å²) in [6, 6.07) is 7.16. The zero-order valence-corrected chi connectivity index (χ0v) is 19.3. The van der Waals surface area contributed by atoms with Gasteiger partial charge in [0.1, 0.15) is 17.5 Å². The van der Waals surface area contributed by atoms with Crippen molar-refractivity contribution in [1.29, 1.82) is 5.26 Å². The number of carbonyl (C=O) groups is 1. The number of nitriles is 1. The summed E-state index contributed by atoms with van der Waals surface area (Å²) in [5, 5.41) is 19.2. The highest BCUT2D eigenvalue weighted by molar-refractivity contribution is 5.78. The molecule has 1 saturated heterocycles. The lowest BCUT2D eigenvalue weighted by molar-refractivity contribution is 0.139. The van der Waals surface area contributed by atoms with Gasteiger partial charge in [-0.05, 0) is 37.6 Å². The number of aryl methyl sites for hydroxylation is 2. The maximum Gasteiger partial charge on any atom is 0.341 e. The number of urea groups is 1. The van der Waals surface area contributed by atoms with Gasteiger partial charge in [-0.25, -0.2) is 24.2 Å².